The molecule has 0 saturated carbocycles. The number of rotatable bonds is 6. The van der Waals surface area contributed by atoms with Gasteiger partial charge in [-0.3, -0.25) is 19.5 Å². The summed E-state index contributed by atoms with van der Waals surface area (Å²) in [5, 5.41) is 3.43. The average molecular weight is 506 g/mol. The topological polar surface area (TPSA) is 71.5 Å². The smallest absolute Gasteiger partial charge is 0.267 e. The fourth-order valence-electron chi connectivity index (χ4n) is 4.43. The van der Waals surface area contributed by atoms with Crippen molar-refractivity contribution in [2.75, 3.05) is 13.1 Å². The highest BCUT2D eigenvalue weighted by atomic mass is 35.5. The number of hydrogen-bond acceptors (Lipinski definition) is 6. The van der Waals surface area contributed by atoms with E-state index in [0.29, 0.717) is 23.2 Å². The van der Waals surface area contributed by atoms with Crippen LogP contribution in [0.4, 0.5) is 8.78 Å². The lowest BCUT2D eigenvalue weighted by Crippen LogP contribution is -2.37. The van der Waals surface area contributed by atoms with Gasteiger partial charge in [0.15, 0.2) is 0 Å². The number of carbonyl (C=O) groups excluding carboxylic acids is 2. The van der Waals surface area contributed by atoms with E-state index < -0.39 is 6.43 Å². The van der Waals surface area contributed by atoms with Crippen molar-refractivity contribution >= 4 is 45.0 Å². The van der Waals surface area contributed by atoms with Crippen LogP contribution in [0.1, 0.15) is 42.5 Å². The number of hydrogen-bond donors (Lipinski definition) is 1. The molecule has 0 radical (unpaired) electrons. The molecule has 0 bridgehead atoms. The van der Waals surface area contributed by atoms with Crippen molar-refractivity contribution in [1.29, 1.82) is 0 Å². The van der Waals surface area contributed by atoms with Gasteiger partial charge in [0.1, 0.15) is 11.9 Å². The fraction of sp³-hybridized carbons (Fsp3) is 0.375. The Bertz CT molecular complexity index is 1240. The van der Waals surface area contributed by atoms with Crippen molar-refractivity contribution in [3.05, 3.63) is 45.9 Å². The quantitative estimate of drug-likeness (QED) is 0.458. The van der Waals surface area contributed by atoms with Gasteiger partial charge in [-0.05, 0) is 43.7 Å². The number of benzene rings is 1. The maximum absolute atomic E-state index is 14.0. The third kappa shape index (κ3) is 4.52. The van der Waals surface area contributed by atoms with Gasteiger partial charge >= 0.3 is 0 Å². The molecule has 1 aromatic carbocycles. The predicted octanol–water partition coefficient (Wildman–Crippen LogP) is 5.33. The van der Waals surface area contributed by atoms with E-state index in [4.69, 9.17) is 16.3 Å². The molecule has 0 unspecified atom stereocenters. The van der Waals surface area contributed by atoms with E-state index in [-0.39, 0.29) is 53.6 Å². The Labute approximate surface area is 203 Å². The van der Waals surface area contributed by atoms with Crippen LogP contribution >= 0.6 is 22.9 Å². The van der Waals surface area contributed by atoms with Crippen LogP contribution in [0.3, 0.4) is 0 Å². The zero-order valence-corrected chi connectivity index (χ0v) is 19.7. The molecule has 2 saturated heterocycles. The lowest BCUT2D eigenvalue weighted by atomic mass is 10.0. The number of imide groups is 1. The number of likely N-dealkylation sites (tertiary alicyclic amines) is 1. The Morgan fingerprint density at radius 3 is 2.71 bits per heavy atom. The molecule has 178 valence electrons. The highest BCUT2D eigenvalue weighted by molar-refractivity contribution is 7.19. The van der Waals surface area contributed by atoms with Gasteiger partial charge in [-0.15, -0.1) is 11.3 Å². The molecular weight excluding hydrogens is 484 g/mol. The van der Waals surface area contributed by atoms with Gasteiger partial charge in [-0.1, -0.05) is 11.6 Å². The number of carbonyl (C=O) groups is 2. The van der Waals surface area contributed by atoms with Gasteiger partial charge in [0.05, 0.1) is 22.3 Å². The van der Waals surface area contributed by atoms with Crippen LogP contribution in [0, 0.1) is 0 Å². The van der Waals surface area contributed by atoms with Crippen LogP contribution < -0.4 is 10.1 Å². The van der Waals surface area contributed by atoms with Crippen LogP contribution in [-0.2, 0) is 16.1 Å². The largest absolute Gasteiger partial charge is 0.488 e. The molecule has 0 spiro atoms. The number of nitrogens with one attached hydrogen (secondary N) is 1. The lowest BCUT2D eigenvalue weighted by Gasteiger charge is -2.27. The lowest BCUT2D eigenvalue weighted by molar-refractivity contribution is -0.138. The molecule has 6 nitrogen and oxygen atoms in total. The van der Waals surface area contributed by atoms with Crippen LogP contribution in [0.25, 0.3) is 21.3 Å². The van der Waals surface area contributed by atoms with E-state index >= 15 is 0 Å². The highest BCUT2D eigenvalue weighted by Crippen LogP contribution is 2.45. The zero-order chi connectivity index (χ0) is 23.8. The van der Waals surface area contributed by atoms with Crippen molar-refractivity contribution in [2.24, 2.45) is 0 Å². The number of halogens is 3. The second-order valence-electron chi connectivity index (χ2n) is 8.42. The van der Waals surface area contributed by atoms with Crippen molar-refractivity contribution in [1.82, 2.24) is 15.2 Å². The standard InChI is InChI=1S/C24H22ClF2N3O3S/c25-13-8-17(22(18(9-13)24(26)27)33-14-2-1-6-28-11-14)16-5-7-29-19-10-15(34-23(16)19)12-30-20(31)3-4-21(30)32/h5,7-10,14,24,28H,1-4,6,11-12H2/t14-/m0/s1. The van der Waals surface area contributed by atoms with E-state index in [0.717, 1.165) is 29.0 Å². The average Bonchev–Trinajstić information content (AvgIpc) is 3.38. The molecule has 10 heteroatoms. The van der Waals surface area contributed by atoms with Crippen LogP contribution in [0.5, 0.6) is 5.75 Å². The van der Waals surface area contributed by atoms with Gasteiger partial charge < -0.3 is 10.1 Å². The fourth-order valence-corrected chi connectivity index (χ4v) is 5.79. The van der Waals surface area contributed by atoms with E-state index in [2.05, 4.69) is 10.3 Å². The molecule has 1 atom stereocenters. The number of thiophene rings is 1. The number of pyridine rings is 1. The molecule has 5 rings (SSSR count). The minimum atomic E-state index is -2.76. The first-order valence-corrected chi connectivity index (χ1v) is 12.3. The Morgan fingerprint density at radius 1 is 1.21 bits per heavy atom. The van der Waals surface area contributed by atoms with Crippen molar-refractivity contribution in [3.63, 3.8) is 0 Å². The highest BCUT2D eigenvalue weighted by Gasteiger charge is 2.30. The second-order valence-corrected chi connectivity index (χ2v) is 9.99. The van der Waals surface area contributed by atoms with E-state index in [1.165, 1.54) is 22.3 Å². The number of fused-ring (bicyclic) bond motifs is 1. The minimum absolute atomic E-state index is 0.125. The Morgan fingerprint density at radius 2 is 2.00 bits per heavy atom. The SMILES string of the molecule is O=C1CCC(=O)N1Cc1cc2nccc(-c3cc(Cl)cc(C(F)F)c3O[C@H]3CCCNC3)c2s1. The third-order valence-electron chi connectivity index (χ3n) is 6.08. The number of alkyl halides is 2. The Balaban J connectivity index is 1.59. The number of ether oxygens (including phenoxy) is 1. The zero-order valence-electron chi connectivity index (χ0n) is 18.2. The first-order valence-electron chi connectivity index (χ1n) is 11.1. The van der Waals surface area contributed by atoms with E-state index in [1.54, 1.807) is 18.3 Å². The maximum Gasteiger partial charge on any atom is 0.267 e. The first-order chi connectivity index (χ1) is 16.4. The first kappa shape index (κ1) is 23.1. The van der Waals surface area contributed by atoms with Gasteiger partial charge in [0.2, 0.25) is 11.8 Å². The Kier molecular flexibility index (Phi) is 6.50. The summed E-state index contributed by atoms with van der Waals surface area (Å²) >= 11 is 7.64. The van der Waals surface area contributed by atoms with Crippen molar-refractivity contribution in [3.8, 4) is 16.9 Å². The van der Waals surface area contributed by atoms with E-state index in [9.17, 15) is 18.4 Å². The van der Waals surface area contributed by atoms with Crippen LogP contribution in [0.2, 0.25) is 5.02 Å². The number of amides is 2. The van der Waals surface area contributed by atoms with Gasteiger partial charge in [0, 0.05) is 46.6 Å². The molecule has 2 fully saturated rings. The van der Waals surface area contributed by atoms with Crippen molar-refractivity contribution in [2.45, 2.75) is 44.8 Å². The minimum Gasteiger partial charge on any atom is -0.488 e. The molecular formula is C24H22ClF2N3O3S. The number of aromatic nitrogens is 1. The monoisotopic (exact) mass is 505 g/mol. The number of piperidine rings is 1. The molecule has 2 amide bonds. The van der Waals surface area contributed by atoms with E-state index in [1.807, 2.05) is 6.07 Å². The summed E-state index contributed by atoms with van der Waals surface area (Å²) in [7, 11) is 0. The molecule has 0 aliphatic carbocycles. The van der Waals surface area contributed by atoms with Crippen LogP contribution in [-0.4, -0.2) is 40.9 Å². The molecule has 3 aromatic rings. The summed E-state index contributed by atoms with van der Waals surface area (Å²) in [6.07, 6.45) is 0.743. The van der Waals surface area contributed by atoms with Gasteiger partial charge in [-0.2, -0.15) is 0 Å². The molecule has 4 heterocycles. The summed E-state index contributed by atoms with van der Waals surface area (Å²) in [6, 6.07) is 6.47. The summed E-state index contributed by atoms with van der Waals surface area (Å²) in [5.74, 6) is -0.256. The Hall–Kier alpha value is -2.62. The molecule has 1 N–H and O–H groups in total. The summed E-state index contributed by atoms with van der Waals surface area (Å²) in [4.78, 5) is 30.6. The predicted molar refractivity (Wildman–Crippen MR) is 126 cm³/mol. The van der Waals surface area contributed by atoms with Crippen molar-refractivity contribution < 1.29 is 23.1 Å². The summed E-state index contributed by atoms with van der Waals surface area (Å²) < 4.78 is 35.0. The summed E-state index contributed by atoms with van der Waals surface area (Å²) in [5.41, 5.74) is 1.55. The van der Waals surface area contributed by atoms with Crippen LogP contribution in [0.15, 0.2) is 30.5 Å². The maximum atomic E-state index is 14.0. The molecule has 2 aliphatic rings. The molecule has 2 aliphatic heterocycles. The molecule has 2 aromatic heterocycles. The molecule has 34 heavy (non-hydrogen) atoms. The number of nitrogens with zero attached hydrogens (tertiary/aromatic N) is 2. The van der Waals surface area contributed by atoms with Gasteiger partial charge in [-0.25, -0.2) is 8.78 Å². The van der Waals surface area contributed by atoms with Gasteiger partial charge in [0.25, 0.3) is 6.43 Å². The normalized spacial score (nSPS) is 18.9. The third-order valence-corrected chi connectivity index (χ3v) is 7.44. The second kappa shape index (κ2) is 9.56. The summed E-state index contributed by atoms with van der Waals surface area (Å²) in [6.45, 7) is 1.63.